The highest BCUT2D eigenvalue weighted by Gasteiger charge is 2.19. The van der Waals surface area contributed by atoms with Crippen LogP contribution in [-0.4, -0.2) is 35.9 Å². The van der Waals surface area contributed by atoms with Crippen LogP contribution in [0.3, 0.4) is 0 Å². The summed E-state index contributed by atoms with van der Waals surface area (Å²) in [5, 5.41) is 15.0. The summed E-state index contributed by atoms with van der Waals surface area (Å²) in [5.41, 5.74) is 2.49. The molecule has 0 aliphatic carbocycles. The number of aliphatic hydroxyl groups excluding tert-OH is 1. The number of hydrogen-bond donors (Lipinski definition) is 1. The number of ether oxygens (including phenoxy) is 4. The summed E-state index contributed by atoms with van der Waals surface area (Å²) in [6, 6.07) is 9.49. The molecule has 7 heteroatoms. The Morgan fingerprint density at radius 3 is 2.56 bits per heavy atom. The number of benzene rings is 2. The van der Waals surface area contributed by atoms with Crippen LogP contribution in [0.2, 0.25) is 0 Å². The molecule has 2 heterocycles. The second kappa shape index (κ2) is 6.18. The normalized spacial score (nSPS) is 12.6. The van der Waals surface area contributed by atoms with Gasteiger partial charge in [-0.2, -0.15) is 5.10 Å². The Hall–Kier alpha value is -2.93. The molecule has 2 aromatic carbocycles. The van der Waals surface area contributed by atoms with Gasteiger partial charge in [-0.15, -0.1) is 0 Å². The summed E-state index contributed by atoms with van der Waals surface area (Å²) >= 11 is 0. The van der Waals surface area contributed by atoms with Gasteiger partial charge in [0.25, 0.3) is 0 Å². The van der Waals surface area contributed by atoms with Gasteiger partial charge in [0, 0.05) is 11.5 Å². The first-order valence-corrected chi connectivity index (χ1v) is 7.84. The van der Waals surface area contributed by atoms with Crippen molar-refractivity contribution in [2.75, 3.05) is 21.0 Å². The fourth-order valence-corrected chi connectivity index (χ4v) is 3.02. The second-order valence-corrected chi connectivity index (χ2v) is 5.67. The molecular weight excluding hydrogens is 324 g/mol. The van der Waals surface area contributed by atoms with Crippen molar-refractivity contribution >= 4 is 10.9 Å². The molecule has 0 unspecified atom stereocenters. The molecule has 0 amide bonds. The minimum Gasteiger partial charge on any atom is -0.493 e. The van der Waals surface area contributed by atoms with E-state index in [0.29, 0.717) is 35.2 Å². The average Bonchev–Trinajstić information content (AvgIpc) is 3.24. The maximum Gasteiger partial charge on any atom is 0.231 e. The highest BCUT2D eigenvalue weighted by atomic mass is 16.7. The first-order chi connectivity index (χ1) is 12.2. The molecule has 1 aromatic heterocycles. The van der Waals surface area contributed by atoms with E-state index >= 15 is 0 Å². The van der Waals surface area contributed by atoms with Gasteiger partial charge in [-0.1, -0.05) is 6.07 Å². The summed E-state index contributed by atoms with van der Waals surface area (Å²) in [5.74, 6) is 2.70. The molecule has 0 fully saturated rings. The summed E-state index contributed by atoms with van der Waals surface area (Å²) < 4.78 is 23.3. The van der Waals surface area contributed by atoms with E-state index in [9.17, 15) is 5.11 Å². The lowest BCUT2D eigenvalue weighted by Gasteiger charge is -2.10. The van der Waals surface area contributed by atoms with Gasteiger partial charge in [-0.3, -0.25) is 4.68 Å². The molecular formula is C18H18N2O5. The fourth-order valence-electron chi connectivity index (χ4n) is 3.02. The molecule has 1 aliphatic rings. The van der Waals surface area contributed by atoms with Gasteiger partial charge in [-0.05, 0) is 23.8 Å². The number of hydrogen-bond acceptors (Lipinski definition) is 6. The summed E-state index contributed by atoms with van der Waals surface area (Å²) in [6.45, 7) is 0.588. The Bertz CT molecular complexity index is 935. The third-order valence-electron chi connectivity index (χ3n) is 4.25. The minimum absolute atomic E-state index is 0.144. The van der Waals surface area contributed by atoms with E-state index in [0.717, 1.165) is 16.5 Å². The SMILES string of the molecule is COc1ccc(Cn2nc(CO)c3cc4c(cc32)OCO4)cc1OC. The van der Waals surface area contributed by atoms with Crippen molar-refractivity contribution in [3.8, 4) is 23.0 Å². The van der Waals surface area contributed by atoms with Gasteiger partial charge in [-0.25, -0.2) is 0 Å². The van der Waals surface area contributed by atoms with Crippen LogP contribution in [0.15, 0.2) is 30.3 Å². The summed E-state index contributed by atoms with van der Waals surface area (Å²) in [4.78, 5) is 0. The molecule has 3 aromatic rings. The molecule has 0 saturated heterocycles. The van der Waals surface area contributed by atoms with Crippen molar-refractivity contribution in [1.29, 1.82) is 0 Å². The fraction of sp³-hybridized carbons (Fsp3) is 0.278. The molecule has 1 N–H and O–H groups in total. The summed E-state index contributed by atoms with van der Waals surface area (Å²) in [6.07, 6.45) is 0. The van der Waals surface area contributed by atoms with Crippen molar-refractivity contribution in [3.63, 3.8) is 0 Å². The lowest BCUT2D eigenvalue weighted by atomic mass is 10.1. The molecule has 25 heavy (non-hydrogen) atoms. The Morgan fingerprint density at radius 1 is 1.08 bits per heavy atom. The largest absolute Gasteiger partial charge is 0.493 e. The molecule has 130 valence electrons. The molecule has 4 rings (SSSR count). The zero-order valence-corrected chi connectivity index (χ0v) is 14.0. The zero-order chi connectivity index (χ0) is 17.4. The van der Waals surface area contributed by atoms with Crippen LogP contribution in [0.4, 0.5) is 0 Å². The van der Waals surface area contributed by atoms with Crippen molar-refractivity contribution < 1.29 is 24.1 Å². The van der Waals surface area contributed by atoms with E-state index < -0.39 is 0 Å². The van der Waals surface area contributed by atoms with E-state index in [-0.39, 0.29) is 13.4 Å². The Labute approximate surface area is 144 Å². The highest BCUT2D eigenvalue weighted by molar-refractivity contribution is 5.86. The maximum atomic E-state index is 9.63. The number of rotatable bonds is 5. The van der Waals surface area contributed by atoms with Gasteiger partial charge >= 0.3 is 0 Å². The molecule has 1 aliphatic heterocycles. The predicted molar refractivity (Wildman–Crippen MR) is 90.4 cm³/mol. The van der Waals surface area contributed by atoms with Crippen molar-refractivity contribution in [3.05, 3.63) is 41.6 Å². The van der Waals surface area contributed by atoms with Crippen molar-refractivity contribution in [2.24, 2.45) is 0 Å². The first-order valence-electron chi connectivity index (χ1n) is 7.84. The van der Waals surface area contributed by atoms with Gasteiger partial charge in [0.05, 0.1) is 38.6 Å². The number of methoxy groups -OCH3 is 2. The topological polar surface area (TPSA) is 75.0 Å². The zero-order valence-electron chi connectivity index (χ0n) is 14.0. The molecule has 0 spiro atoms. The monoisotopic (exact) mass is 342 g/mol. The van der Waals surface area contributed by atoms with E-state index in [1.54, 1.807) is 14.2 Å². The minimum atomic E-state index is -0.144. The van der Waals surface area contributed by atoms with Gasteiger partial charge in [0.1, 0.15) is 0 Å². The highest BCUT2D eigenvalue weighted by Crippen LogP contribution is 2.37. The Balaban J connectivity index is 1.77. The lowest BCUT2D eigenvalue weighted by Crippen LogP contribution is -2.03. The smallest absolute Gasteiger partial charge is 0.231 e. The van der Waals surface area contributed by atoms with Crippen LogP contribution in [0.25, 0.3) is 10.9 Å². The third kappa shape index (κ3) is 2.62. The van der Waals surface area contributed by atoms with Gasteiger partial charge in [0.2, 0.25) is 6.79 Å². The van der Waals surface area contributed by atoms with E-state index in [1.807, 2.05) is 35.0 Å². The van der Waals surface area contributed by atoms with Crippen LogP contribution < -0.4 is 18.9 Å². The molecule has 0 saturated carbocycles. The van der Waals surface area contributed by atoms with Crippen molar-refractivity contribution in [1.82, 2.24) is 9.78 Å². The van der Waals surface area contributed by atoms with E-state index in [4.69, 9.17) is 18.9 Å². The van der Waals surface area contributed by atoms with Crippen LogP contribution >= 0.6 is 0 Å². The Morgan fingerprint density at radius 2 is 1.84 bits per heavy atom. The number of nitrogens with zero attached hydrogens (tertiary/aromatic N) is 2. The number of aromatic nitrogens is 2. The van der Waals surface area contributed by atoms with Crippen molar-refractivity contribution in [2.45, 2.75) is 13.2 Å². The van der Waals surface area contributed by atoms with E-state index in [1.165, 1.54) is 0 Å². The number of aliphatic hydroxyl groups is 1. The Kier molecular flexibility index (Phi) is 3.85. The molecule has 0 radical (unpaired) electrons. The van der Waals surface area contributed by atoms with Crippen LogP contribution in [0, 0.1) is 0 Å². The van der Waals surface area contributed by atoms with Crippen LogP contribution in [0.1, 0.15) is 11.3 Å². The predicted octanol–water partition coefficient (Wildman–Crippen LogP) is 2.32. The first kappa shape index (κ1) is 15.6. The van der Waals surface area contributed by atoms with Crippen LogP contribution in [-0.2, 0) is 13.2 Å². The standard InChI is InChI=1S/C18H18N2O5/c1-22-15-4-3-11(5-16(15)23-2)8-20-14-7-18-17(24-10-25-18)6-12(14)13(9-21)19-20/h3-7,21H,8-10H2,1-2H3. The van der Waals surface area contributed by atoms with E-state index in [2.05, 4.69) is 5.10 Å². The van der Waals surface area contributed by atoms with Crippen LogP contribution in [0.5, 0.6) is 23.0 Å². The third-order valence-corrected chi connectivity index (χ3v) is 4.25. The number of fused-ring (bicyclic) bond motifs is 2. The maximum absolute atomic E-state index is 9.63. The lowest BCUT2D eigenvalue weighted by molar-refractivity contribution is 0.174. The molecule has 0 bridgehead atoms. The summed E-state index contributed by atoms with van der Waals surface area (Å²) in [7, 11) is 3.21. The van der Waals surface area contributed by atoms with Gasteiger partial charge < -0.3 is 24.1 Å². The molecule has 7 nitrogen and oxygen atoms in total. The average molecular weight is 342 g/mol. The quantitative estimate of drug-likeness (QED) is 0.767. The second-order valence-electron chi connectivity index (χ2n) is 5.67. The molecule has 0 atom stereocenters. The van der Waals surface area contributed by atoms with Gasteiger partial charge in [0.15, 0.2) is 23.0 Å².